The number of ether oxygens (including phenoxy) is 2. The molecule has 0 bridgehead atoms. The highest BCUT2D eigenvalue weighted by Gasteiger charge is 2.09. The van der Waals surface area contributed by atoms with Gasteiger partial charge in [-0.1, -0.05) is 6.42 Å². The molecule has 1 aromatic carbocycles. The minimum Gasteiger partial charge on any atom is -0.493 e. The second kappa shape index (κ2) is 11.4. The lowest BCUT2D eigenvalue weighted by Crippen LogP contribution is -2.26. The molecule has 0 aliphatic carbocycles. The van der Waals surface area contributed by atoms with Crippen molar-refractivity contribution in [2.75, 3.05) is 26.1 Å². The van der Waals surface area contributed by atoms with Crippen molar-refractivity contribution >= 4 is 17.6 Å². The first-order valence-electron chi connectivity index (χ1n) is 8.10. The van der Waals surface area contributed by atoms with E-state index in [1.54, 1.807) is 18.2 Å². The third-order valence-electron chi connectivity index (χ3n) is 3.48. The average molecular weight is 361 g/mol. The van der Waals surface area contributed by atoms with E-state index < -0.39 is 11.9 Å². The van der Waals surface area contributed by atoms with Crippen molar-refractivity contribution in [2.24, 2.45) is 0 Å². The summed E-state index contributed by atoms with van der Waals surface area (Å²) in [7, 11) is 3.05. The van der Waals surface area contributed by atoms with Crippen molar-refractivity contribution in [3.05, 3.63) is 30.0 Å². The van der Waals surface area contributed by atoms with Crippen LogP contribution in [-0.4, -0.2) is 37.7 Å². The Bertz CT molecular complexity index is 695. The molecule has 1 aromatic rings. The number of carbonyl (C=O) groups is 2. The molecule has 26 heavy (non-hydrogen) atoms. The van der Waals surface area contributed by atoms with Crippen LogP contribution in [0.15, 0.2) is 30.0 Å². The Balaban J connectivity index is 2.53. The van der Waals surface area contributed by atoms with Crippen LogP contribution in [-0.2, 0) is 9.59 Å². The Morgan fingerprint density at radius 1 is 1.19 bits per heavy atom. The molecule has 0 aliphatic rings. The van der Waals surface area contributed by atoms with Crippen LogP contribution in [0.25, 0.3) is 0 Å². The molecule has 0 saturated heterocycles. The van der Waals surface area contributed by atoms with E-state index in [-0.39, 0.29) is 12.0 Å². The predicted octanol–water partition coefficient (Wildman–Crippen LogP) is 2.28. The number of unbranched alkanes of at least 4 members (excludes halogenated alkanes) is 2. The van der Waals surface area contributed by atoms with Crippen LogP contribution >= 0.6 is 0 Å². The van der Waals surface area contributed by atoms with Gasteiger partial charge in [-0.05, 0) is 25.0 Å². The molecule has 8 nitrogen and oxygen atoms in total. The maximum absolute atomic E-state index is 12.0. The molecule has 140 valence electrons. The molecule has 3 N–H and O–H groups in total. The van der Waals surface area contributed by atoms with Gasteiger partial charge in [0, 0.05) is 30.9 Å². The number of nitriles is 1. The number of anilines is 1. The van der Waals surface area contributed by atoms with Gasteiger partial charge in [-0.2, -0.15) is 5.26 Å². The van der Waals surface area contributed by atoms with Crippen LogP contribution < -0.4 is 20.1 Å². The molecule has 1 rings (SSSR count). The Morgan fingerprint density at radius 2 is 1.92 bits per heavy atom. The SMILES string of the molecule is COc1ccc(N/C=C(/C#N)C(=O)NCCCCCC(=O)O)cc1OC. The standard InChI is InChI=1S/C18H23N3O5/c1-25-15-8-7-14(10-16(15)26-2)21-12-13(11-19)18(24)20-9-5-3-4-6-17(22)23/h7-8,10,12,21H,3-6,9H2,1-2H3,(H,20,24)(H,22,23)/b13-12-. The Morgan fingerprint density at radius 3 is 2.54 bits per heavy atom. The van der Waals surface area contributed by atoms with Gasteiger partial charge in [0.2, 0.25) is 0 Å². The molecule has 0 saturated carbocycles. The molecule has 0 aliphatic heterocycles. The Labute approximate surface area is 152 Å². The Hall–Kier alpha value is -3.21. The van der Waals surface area contributed by atoms with Crippen molar-refractivity contribution in [3.8, 4) is 17.6 Å². The summed E-state index contributed by atoms with van der Waals surface area (Å²) in [6.45, 7) is 0.383. The molecule has 0 atom stereocenters. The average Bonchev–Trinajstić information content (AvgIpc) is 2.64. The number of benzene rings is 1. The van der Waals surface area contributed by atoms with Crippen LogP contribution in [0.2, 0.25) is 0 Å². The van der Waals surface area contributed by atoms with Crippen molar-refractivity contribution < 1.29 is 24.2 Å². The molecule has 0 spiro atoms. The van der Waals surface area contributed by atoms with Gasteiger partial charge in [-0.25, -0.2) is 0 Å². The summed E-state index contributed by atoms with van der Waals surface area (Å²) < 4.78 is 10.3. The molecule has 0 heterocycles. The van der Waals surface area contributed by atoms with Crippen LogP contribution in [0.1, 0.15) is 25.7 Å². The van der Waals surface area contributed by atoms with E-state index >= 15 is 0 Å². The van der Waals surface area contributed by atoms with Crippen LogP contribution in [0.4, 0.5) is 5.69 Å². The molecular formula is C18H23N3O5. The van der Waals surface area contributed by atoms with Gasteiger partial charge >= 0.3 is 5.97 Å². The fourth-order valence-corrected chi connectivity index (χ4v) is 2.11. The van der Waals surface area contributed by atoms with Crippen molar-refractivity contribution in [1.82, 2.24) is 5.32 Å². The summed E-state index contributed by atoms with van der Waals surface area (Å²) in [5.74, 6) is -0.220. The number of nitrogens with zero attached hydrogens (tertiary/aromatic N) is 1. The summed E-state index contributed by atoms with van der Waals surface area (Å²) in [5.41, 5.74) is 0.571. The molecule has 1 amide bonds. The Kier molecular flexibility index (Phi) is 9.10. The monoisotopic (exact) mass is 361 g/mol. The summed E-state index contributed by atoms with van der Waals surface area (Å²) in [4.78, 5) is 22.4. The second-order valence-corrected chi connectivity index (χ2v) is 5.34. The number of carboxylic acid groups (broad SMARTS) is 1. The number of carboxylic acids is 1. The normalized spacial score (nSPS) is 10.6. The summed E-state index contributed by atoms with van der Waals surface area (Å²) in [6, 6.07) is 6.96. The van der Waals surface area contributed by atoms with Crippen LogP contribution in [0.3, 0.4) is 0 Å². The highest BCUT2D eigenvalue weighted by atomic mass is 16.5. The van der Waals surface area contributed by atoms with E-state index in [1.807, 2.05) is 6.07 Å². The van der Waals surface area contributed by atoms with Crippen LogP contribution in [0.5, 0.6) is 11.5 Å². The second-order valence-electron chi connectivity index (χ2n) is 5.34. The van der Waals surface area contributed by atoms with Gasteiger partial charge in [0.1, 0.15) is 11.6 Å². The van der Waals surface area contributed by atoms with Crippen molar-refractivity contribution in [3.63, 3.8) is 0 Å². The number of hydrogen-bond donors (Lipinski definition) is 3. The first-order valence-corrected chi connectivity index (χ1v) is 8.10. The highest BCUT2D eigenvalue weighted by Crippen LogP contribution is 2.29. The van der Waals surface area contributed by atoms with Crippen LogP contribution in [0, 0.1) is 11.3 Å². The van der Waals surface area contributed by atoms with E-state index in [0.717, 1.165) is 0 Å². The number of carbonyl (C=O) groups excluding carboxylic acids is 1. The summed E-state index contributed by atoms with van der Waals surface area (Å²) in [5, 5.41) is 23.2. The van der Waals surface area contributed by atoms with Gasteiger partial charge < -0.3 is 25.2 Å². The quantitative estimate of drug-likeness (QED) is 0.314. The van der Waals surface area contributed by atoms with Gasteiger partial charge in [0.25, 0.3) is 5.91 Å². The molecule has 0 unspecified atom stereocenters. The third kappa shape index (κ3) is 7.13. The number of aliphatic carboxylic acids is 1. The van der Waals surface area contributed by atoms with Crippen molar-refractivity contribution in [1.29, 1.82) is 5.26 Å². The van der Waals surface area contributed by atoms with Gasteiger partial charge in [0.05, 0.1) is 14.2 Å². The van der Waals surface area contributed by atoms with Crippen molar-refractivity contribution in [2.45, 2.75) is 25.7 Å². The fraction of sp³-hybridized carbons (Fsp3) is 0.389. The lowest BCUT2D eigenvalue weighted by Gasteiger charge is -2.09. The highest BCUT2D eigenvalue weighted by molar-refractivity contribution is 5.97. The van der Waals surface area contributed by atoms with Gasteiger partial charge in [-0.15, -0.1) is 0 Å². The fourth-order valence-electron chi connectivity index (χ4n) is 2.11. The first-order chi connectivity index (χ1) is 12.5. The maximum atomic E-state index is 12.0. The first kappa shape index (κ1) is 20.8. The van der Waals surface area contributed by atoms with E-state index in [4.69, 9.17) is 19.8 Å². The number of methoxy groups -OCH3 is 2. The topological polar surface area (TPSA) is 121 Å². The van der Waals surface area contributed by atoms with E-state index in [9.17, 15) is 9.59 Å². The number of rotatable bonds is 11. The largest absolute Gasteiger partial charge is 0.493 e. The maximum Gasteiger partial charge on any atom is 0.303 e. The number of nitrogens with one attached hydrogen (secondary N) is 2. The molecular weight excluding hydrogens is 338 g/mol. The van der Waals surface area contributed by atoms with Gasteiger partial charge in [0.15, 0.2) is 11.5 Å². The zero-order chi connectivity index (χ0) is 19.4. The predicted molar refractivity (Wildman–Crippen MR) is 96.0 cm³/mol. The smallest absolute Gasteiger partial charge is 0.303 e. The van der Waals surface area contributed by atoms with E-state index in [0.29, 0.717) is 43.0 Å². The molecule has 0 aromatic heterocycles. The van der Waals surface area contributed by atoms with E-state index in [1.165, 1.54) is 20.4 Å². The zero-order valence-electron chi connectivity index (χ0n) is 14.9. The molecule has 0 fully saturated rings. The van der Waals surface area contributed by atoms with E-state index in [2.05, 4.69) is 10.6 Å². The summed E-state index contributed by atoms with van der Waals surface area (Å²) in [6.07, 6.45) is 3.35. The minimum atomic E-state index is -0.829. The number of hydrogen-bond acceptors (Lipinski definition) is 6. The lowest BCUT2D eigenvalue weighted by atomic mass is 10.2. The summed E-state index contributed by atoms with van der Waals surface area (Å²) >= 11 is 0. The lowest BCUT2D eigenvalue weighted by molar-refractivity contribution is -0.137. The number of amides is 1. The molecule has 8 heteroatoms. The zero-order valence-corrected chi connectivity index (χ0v) is 14.9. The van der Waals surface area contributed by atoms with Gasteiger partial charge in [-0.3, -0.25) is 9.59 Å². The minimum absolute atomic E-state index is 0.0645. The third-order valence-corrected chi connectivity index (χ3v) is 3.48. The molecule has 0 radical (unpaired) electrons.